The second-order valence-corrected chi connectivity index (χ2v) is 12.5. The fourth-order valence-corrected chi connectivity index (χ4v) is 6.27. The molecular weight excluding hydrogens is 508 g/mol. The summed E-state index contributed by atoms with van der Waals surface area (Å²) in [6.45, 7) is 0. The molecule has 6 heteroatoms. The van der Waals surface area contributed by atoms with Gasteiger partial charge in [0.15, 0.2) is 11.6 Å². The Kier molecular flexibility index (Phi) is 18.2. The molecule has 2 atom stereocenters. The molecule has 2 aromatic rings. The van der Waals surface area contributed by atoms with E-state index in [0.717, 1.165) is 34.1 Å². The number of thioether (sulfide) groups is 2. The van der Waals surface area contributed by atoms with Gasteiger partial charge >= 0.3 is 0 Å². The van der Waals surface area contributed by atoms with E-state index in [-0.39, 0.29) is 23.7 Å². The molecule has 0 aromatic heterocycles. The van der Waals surface area contributed by atoms with Gasteiger partial charge in [0.25, 0.3) is 0 Å². The number of unbranched alkanes of at least 4 members (excludes halogenated alkanes) is 7. The summed E-state index contributed by atoms with van der Waals surface area (Å²) in [6, 6.07) is 19.3. The van der Waals surface area contributed by atoms with E-state index in [0.29, 0.717) is 25.7 Å². The summed E-state index contributed by atoms with van der Waals surface area (Å²) in [5, 5.41) is 0. The van der Waals surface area contributed by atoms with Gasteiger partial charge in [0.2, 0.25) is 0 Å². The Morgan fingerprint density at radius 3 is 1.24 bits per heavy atom. The first kappa shape index (κ1) is 32.6. The number of hydrogen-bond acceptors (Lipinski definition) is 6. The fraction of sp³-hybridized carbons (Fsp3) is 0.562. The van der Waals surface area contributed by atoms with E-state index in [1.54, 1.807) is 0 Å². The van der Waals surface area contributed by atoms with Gasteiger partial charge in [0.05, 0.1) is 12.1 Å². The van der Waals surface area contributed by atoms with Crippen LogP contribution in [0, 0.1) is 0 Å². The lowest BCUT2D eigenvalue weighted by Crippen LogP contribution is -2.32. The third kappa shape index (κ3) is 15.7. The minimum absolute atomic E-state index is 0.177. The van der Waals surface area contributed by atoms with E-state index in [1.165, 1.54) is 51.4 Å². The summed E-state index contributed by atoms with van der Waals surface area (Å²) in [6.07, 6.45) is 12.7. The number of hydrogen-bond donors (Lipinski definition) is 2. The first-order valence-corrected chi connectivity index (χ1v) is 16.7. The molecule has 0 aliphatic rings. The maximum Gasteiger partial charge on any atom is 0.150 e. The molecule has 4 nitrogen and oxygen atoms in total. The van der Waals surface area contributed by atoms with Crippen LogP contribution >= 0.6 is 23.5 Å². The molecule has 0 saturated heterocycles. The highest BCUT2D eigenvalue weighted by atomic mass is 32.2. The number of benzene rings is 2. The molecule has 0 fully saturated rings. The second-order valence-electron chi connectivity index (χ2n) is 10.1. The normalized spacial score (nSPS) is 12.8. The average molecular weight is 557 g/mol. The molecule has 0 heterocycles. The predicted molar refractivity (Wildman–Crippen MR) is 167 cm³/mol. The Morgan fingerprint density at radius 2 is 0.868 bits per heavy atom. The van der Waals surface area contributed by atoms with Gasteiger partial charge in [0.1, 0.15) is 0 Å². The largest absolute Gasteiger partial charge is 0.321 e. The van der Waals surface area contributed by atoms with Crippen molar-refractivity contribution >= 4 is 35.1 Å². The number of ketones is 2. The van der Waals surface area contributed by atoms with Crippen LogP contribution in [0.4, 0.5) is 0 Å². The van der Waals surface area contributed by atoms with E-state index in [4.69, 9.17) is 11.5 Å². The number of carbonyl (C=O) groups excluding carboxylic acids is 2. The van der Waals surface area contributed by atoms with Gasteiger partial charge in [-0.2, -0.15) is 23.5 Å². The van der Waals surface area contributed by atoms with E-state index < -0.39 is 0 Å². The van der Waals surface area contributed by atoms with Crippen LogP contribution in [0.15, 0.2) is 60.7 Å². The summed E-state index contributed by atoms with van der Waals surface area (Å²) in [5.74, 6) is 4.39. The topological polar surface area (TPSA) is 86.2 Å². The van der Waals surface area contributed by atoms with Crippen LogP contribution in [-0.2, 0) is 22.4 Å². The van der Waals surface area contributed by atoms with Gasteiger partial charge in [-0.25, -0.2) is 0 Å². The first-order chi connectivity index (χ1) is 18.6. The zero-order chi connectivity index (χ0) is 27.3. The Labute approximate surface area is 239 Å². The number of rotatable bonds is 23. The molecule has 4 N–H and O–H groups in total. The van der Waals surface area contributed by atoms with E-state index >= 15 is 0 Å². The van der Waals surface area contributed by atoms with E-state index in [2.05, 4.69) is 0 Å². The Hall–Kier alpha value is -1.60. The SMILES string of the molecule is N[C@@H](Cc1ccccc1)C(=O)CCSCCCCCCCCCCSCCC(=O)[C@@H](N)Cc1ccccc1. The van der Waals surface area contributed by atoms with Crippen LogP contribution in [-0.4, -0.2) is 46.7 Å². The van der Waals surface area contributed by atoms with Crippen molar-refractivity contribution in [2.24, 2.45) is 11.5 Å². The standard InChI is InChI=1S/C32H48N2O2S2/c33-29(25-27-15-9-7-10-16-27)31(35)19-23-37-21-13-5-3-1-2-4-6-14-22-38-24-20-32(36)30(34)26-28-17-11-8-12-18-28/h7-12,15-18,29-30H,1-6,13-14,19-26,33-34H2/t29-,30-/m0/s1. The lowest BCUT2D eigenvalue weighted by atomic mass is 10.0. The highest BCUT2D eigenvalue weighted by molar-refractivity contribution is 7.99. The van der Waals surface area contributed by atoms with Crippen LogP contribution < -0.4 is 11.5 Å². The lowest BCUT2D eigenvalue weighted by Gasteiger charge is -2.10. The van der Waals surface area contributed by atoms with Gasteiger partial charge in [-0.1, -0.05) is 99.2 Å². The smallest absolute Gasteiger partial charge is 0.150 e. The van der Waals surface area contributed by atoms with Crippen LogP contribution in [0.5, 0.6) is 0 Å². The molecule has 0 saturated carbocycles. The summed E-state index contributed by atoms with van der Waals surface area (Å²) in [7, 11) is 0. The van der Waals surface area contributed by atoms with E-state index in [9.17, 15) is 9.59 Å². The molecule has 0 unspecified atom stereocenters. The third-order valence-corrected chi connectivity index (χ3v) is 8.88. The molecule has 0 aliphatic heterocycles. The van der Waals surface area contributed by atoms with Crippen LogP contribution in [0.1, 0.15) is 75.3 Å². The van der Waals surface area contributed by atoms with Gasteiger partial charge in [-0.15, -0.1) is 0 Å². The molecule has 0 spiro atoms. The number of Topliss-reactive ketones (excluding diaryl/α,β-unsaturated/α-hetero) is 2. The van der Waals surface area contributed by atoms with Gasteiger partial charge < -0.3 is 11.5 Å². The molecule has 0 bridgehead atoms. The highest BCUT2D eigenvalue weighted by Crippen LogP contribution is 2.15. The maximum atomic E-state index is 12.2. The van der Waals surface area contributed by atoms with E-state index in [1.807, 2.05) is 84.2 Å². The zero-order valence-electron chi connectivity index (χ0n) is 23.0. The average Bonchev–Trinajstić information content (AvgIpc) is 2.93. The monoisotopic (exact) mass is 556 g/mol. The second kappa shape index (κ2) is 21.2. The minimum atomic E-state index is -0.380. The molecule has 2 aromatic carbocycles. The third-order valence-electron chi connectivity index (χ3n) is 6.74. The first-order valence-electron chi connectivity index (χ1n) is 14.4. The van der Waals surface area contributed by atoms with Crippen molar-refractivity contribution in [1.82, 2.24) is 0 Å². The van der Waals surface area contributed by atoms with Crippen LogP contribution in [0.2, 0.25) is 0 Å². The predicted octanol–water partition coefficient (Wildman–Crippen LogP) is 6.63. The molecule has 0 amide bonds. The van der Waals surface area contributed by atoms with Crippen molar-refractivity contribution in [3.05, 3.63) is 71.8 Å². The van der Waals surface area contributed by atoms with Crippen molar-refractivity contribution in [3.63, 3.8) is 0 Å². The van der Waals surface area contributed by atoms with Crippen molar-refractivity contribution in [1.29, 1.82) is 0 Å². The summed E-state index contributed by atoms with van der Waals surface area (Å²) in [4.78, 5) is 24.5. The Balaban J connectivity index is 1.30. The van der Waals surface area contributed by atoms with Crippen molar-refractivity contribution in [2.75, 3.05) is 23.0 Å². The van der Waals surface area contributed by atoms with Crippen LogP contribution in [0.3, 0.4) is 0 Å². The molecule has 210 valence electrons. The number of carbonyl (C=O) groups is 2. The quantitative estimate of drug-likeness (QED) is 0.149. The molecule has 2 rings (SSSR count). The van der Waals surface area contributed by atoms with Crippen molar-refractivity contribution < 1.29 is 9.59 Å². The molecule has 0 radical (unpaired) electrons. The van der Waals surface area contributed by atoms with Gasteiger partial charge in [-0.3, -0.25) is 9.59 Å². The van der Waals surface area contributed by atoms with Crippen molar-refractivity contribution in [3.8, 4) is 0 Å². The summed E-state index contributed by atoms with van der Waals surface area (Å²) >= 11 is 3.77. The molecule has 38 heavy (non-hydrogen) atoms. The maximum absolute atomic E-state index is 12.2. The zero-order valence-corrected chi connectivity index (χ0v) is 24.7. The van der Waals surface area contributed by atoms with Crippen molar-refractivity contribution in [2.45, 2.75) is 89.1 Å². The van der Waals surface area contributed by atoms with Gasteiger partial charge in [-0.05, 0) is 48.3 Å². The summed E-state index contributed by atoms with van der Waals surface area (Å²) < 4.78 is 0. The fourth-order valence-electron chi connectivity index (χ4n) is 4.35. The summed E-state index contributed by atoms with van der Waals surface area (Å²) in [5.41, 5.74) is 14.4. The highest BCUT2D eigenvalue weighted by Gasteiger charge is 2.14. The molecule has 0 aliphatic carbocycles. The van der Waals surface area contributed by atoms with Gasteiger partial charge in [0, 0.05) is 24.3 Å². The molecular formula is C32H48N2O2S2. The van der Waals surface area contributed by atoms with Crippen LogP contribution in [0.25, 0.3) is 0 Å². The Bertz CT molecular complexity index is 806. The lowest BCUT2D eigenvalue weighted by molar-refractivity contribution is -0.120. The number of nitrogens with two attached hydrogens (primary N) is 2. The minimum Gasteiger partial charge on any atom is -0.321 e. The Morgan fingerprint density at radius 1 is 0.526 bits per heavy atom.